The van der Waals surface area contributed by atoms with Gasteiger partial charge in [0.1, 0.15) is 5.82 Å². The Hall–Kier alpha value is -2.12. The van der Waals surface area contributed by atoms with Gasteiger partial charge in [0.2, 0.25) is 5.95 Å². The van der Waals surface area contributed by atoms with Gasteiger partial charge in [-0.3, -0.25) is 4.90 Å². The zero-order valence-corrected chi connectivity index (χ0v) is 12.2. The number of aliphatic hydroxyl groups excluding tert-OH is 1. The lowest BCUT2D eigenvalue weighted by Crippen LogP contribution is -2.47. The van der Waals surface area contributed by atoms with Gasteiger partial charge in [-0.15, -0.1) is 5.10 Å². The van der Waals surface area contributed by atoms with Crippen LogP contribution in [0.5, 0.6) is 0 Å². The summed E-state index contributed by atoms with van der Waals surface area (Å²) in [6, 6.07) is 6.51. The monoisotopic (exact) mass is 303 g/mol. The molecule has 22 heavy (non-hydrogen) atoms. The fourth-order valence-corrected chi connectivity index (χ4v) is 2.54. The second-order valence-electron chi connectivity index (χ2n) is 5.17. The molecule has 1 aromatic heterocycles. The first kappa shape index (κ1) is 14.8. The Morgan fingerprint density at radius 1 is 1.14 bits per heavy atom. The summed E-state index contributed by atoms with van der Waals surface area (Å²) in [6.45, 7) is 4.07. The van der Waals surface area contributed by atoms with Crippen LogP contribution in [0.25, 0.3) is 11.3 Å². The van der Waals surface area contributed by atoms with E-state index in [0.29, 0.717) is 23.8 Å². The van der Waals surface area contributed by atoms with E-state index in [2.05, 4.69) is 20.1 Å². The Labute approximate surface area is 128 Å². The number of piperazine rings is 1. The average molecular weight is 303 g/mol. The maximum Gasteiger partial charge on any atom is 0.245 e. The molecule has 1 aliphatic heterocycles. The predicted octanol–water partition coefficient (Wildman–Crippen LogP) is 0.792. The molecule has 7 heteroatoms. The zero-order chi connectivity index (χ0) is 15.4. The maximum absolute atomic E-state index is 13.9. The van der Waals surface area contributed by atoms with E-state index in [0.717, 1.165) is 26.2 Å². The third kappa shape index (κ3) is 3.20. The quantitative estimate of drug-likeness (QED) is 0.901. The molecule has 1 fully saturated rings. The van der Waals surface area contributed by atoms with E-state index in [9.17, 15) is 4.39 Å². The van der Waals surface area contributed by atoms with Gasteiger partial charge in [0.05, 0.1) is 18.5 Å². The molecule has 6 nitrogen and oxygen atoms in total. The SMILES string of the molecule is OCCN1CCN(c2nncc(-c3ccccc3F)n2)CC1. The molecule has 1 saturated heterocycles. The van der Waals surface area contributed by atoms with Crippen LogP contribution in [-0.4, -0.2) is 64.5 Å². The van der Waals surface area contributed by atoms with Gasteiger partial charge < -0.3 is 10.0 Å². The number of benzene rings is 1. The lowest BCUT2D eigenvalue weighted by molar-refractivity contribution is 0.188. The van der Waals surface area contributed by atoms with E-state index < -0.39 is 0 Å². The molecule has 0 bridgehead atoms. The normalized spacial score (nSPS) is 16.0. The van der Waals surface area contributed by atoms with Gasteiger partial charge in [0.15, 0.2) is 0 Å². The van der Waals surface area contributed by atoms with Crippen LogP contribution in [0.1, 0.15) is 0 Å². The van der Waals surface area contributed by atoms with E-state index in [1.165, 1.54) is 12.3 Å². The molecule has 2 heterocycles. The van der Waals surface area contributed by atoms with Crippen LogP contribution in [0.2, 0.25) is 0 Å². The van der Waals surface area contributed by atoms with Gasteiger partial charge in [-0.1, -0.05) is 12.1 Å². The molecule has 116 valence electrons. The molecular weight excluding hydrogens is 285 g/mol. The second kappa shape index (κ2) is 6.76. The van der Waals surface area contributed by atoms with Crippen molar-refractivity contribution >= 4 is 5.95 Å². The number of halogens is 1. The van der Waals surface area contributed by atoms with Gasteiger partial charge in [-0.2, -0.15) is 5.10 Å². The van der Waals surface area contributed by atoms with Crippen LogP contribution in [0, 0.1) is 5.82 Å². The van der Waals surface area contributed by atoms with Crippen molar-refractivity contribution in [1.82, 2.24) is 20.1 Å². The summed E-state index contributed by atoms with van der Waals surface area (Å²) in [4.78, 5) is 8.66. The van der Waals surface area contributed by atoms with Crippen LogP contribution in [0.15, 0.2) is 30.5 Å². The van der Waals surface area contributed by atoms with Crippen molar-refractivity contribution in [2.24, 2.45) is 0 Å². The highest BCUT2D eigenvalue weighted by Crippen LogP contribution is 2.21. The summed E-state index contributed by atoms with van der Waals surface area (Å²) in [7, 11) is 0. The molecule has 0 aliphatic carbocycles. The molecule has 0 radical (unpaired) electrons. The van der Waals surface area contributed by atoms with E-state index in [4.69, 9.17) is 5.11 Å². The topological polar surface area (TPSA) is 65.4 Å². The maximum atomic E-state index is 13.9. The van der Waals surface area contributed by atoms with Crippen LogP contribution < -0.4 is 4.90 Å². The molecule has 1 aromatic carbocycles. The Bertz CT molecular complexity index is 631. The number of hydrogen-bond donors (Lipinski definition) is 1. The molecule has 2 aromatic rings. The smallest absolute Gasteiger partial charge is 0.245 e. The molecule has 0 atom stereocenters. The summed E-state index contributed by atoms with van der Waals surface area (Å²) in [6.07, 6.45) is 1.48. The fraction of sp³-hybridized carbons (Fsp3) is 0.400. The van der Waals surface area contributed by atoms with Gasteiger partial charge >= 0.3 is 0 Å². The summed E-state index contributed by atoms with van der Waals surface area (Å²) >= 11 is 0. The largest absolute Gasteiger partial charge is 0.395 e. The first-order valence-corrected chi connectivity index (χ1v) is 7.31. The minimum absolute atomic E-state index is 0.167. The Morgan fingerprint density at radius 3 is 2.64 bits per heavy atom. The second-order valence-corrected chi connectivity index (χ2v) is 5.17. The Kier molecular flexibility index (Phi) is 4.55. The summed E-state index contributed by atoms with van der Waals surface area (Å²) < 4.78 is 13.9. The lowest BCUT2D eigenvalue weighted by atomic mass is 10.1. The van der Waals surface area contributed by atoms with Crippen molar-refractivity contribution in [1.29, 1.82) is 0 Å². The molecule has 1 N–H and O–H groups in total. The molecule has 1 aliphatic rings. The predicted molar refractivity (Wildman–Crippen MR) is 81.0 cm³/mol. The standard InChI is InChI=1S/C15H18FN5O/c16-13-4-2-1-3-12(13)14-11-17-19-15(18-14)21-7-5-20(6-8-21)9-10-22/h1-4,11,22H,5-10H2. The number of β-amino-alcohol motifs (C(OH)–C–C–N with tert-alkyl or cyclic N) is 1. The van der Waals surface area contributed by atoms with Crippen molar-refractivity contribution < 1.29 is 9.50 Å². The fourth-order valence-electron chi connectivity index (χ4n) is 2.54. The van der Waals surface area contributed by atoms with E-state index >= 15 is 0 Å². The van der Waals surface area contributed by atoms with Crippen molar-refractivity contribution in [2.45, 2.75) is 0 Å². The summed E-state index contributed by atoms with van der Waals surface area (Å²) in [5, 5.41) is 17.0. The molecule has 0 amide bonds. The highest BCUT2D eigenvalue weighted by atomic mass is 19.1. The minimum Gasteiger partial charge on any atom is -0.395 e. The minimum atomic E-state index is -0.318. The number of hydrogen-bond acceptors (Lipinski definition) is 6. The van der Waals surface area contributed by atoms with Crippen molar-refractivity contribution in [3.63, 3.8) is 0 Å². The number of rotatable bonds is 4. The van der Waals surface area contributed by atoms with Gasteiger partial charge in [-0.25, -0.2) is 9.37 Å². The number of nitrogens with zero attached hydrogens (tertiary/aromatic N) is 5. The van der Waals surface area contributed by atoms with Crippen LogP contribution >= 0.6 is 0 Å². The zero-order valence-electron chi connectivity index (χ0n) is 12.2. The van der Waals surface area contributed by atoms with Gasteiger partial charge in [0.25, 0.3) is 0 Å². The molecule has 3 rings (SSSR count). The molecule has 0 unspecified atom stereocenters. The number of aliphatic hydroxyl groups is 1. The molecule has 0 spiro atoms. The third-order valence-electron chi connectivity index (χ3n) is 3.77. The Balaban J connectivity index is 1.77. The number of anilines is 1. The molecule has 0 saturated carbocycles. The highest BCUT2D eigenvalue weighted by Gasteiger charge is 2.19. The average Bonchev–Trinajstić information content (AvgIpc) is 2.56. The first-order chi connectivity index (χ1) is 10.8. The summed E-state index contributed by atoms with van der Waals surface area (Å²) in [5.74, 6) is 0.200. The van der Waals surface area contributed by atoms with E-state index in [-0.39, 0.29) is 12.4 Å². The van der Waals surface area contributed by atoms with Crippen LogP contribution in [-0.2, 0) is 0 Å². The highest BCUT2D eigenvalue weighted by molar-refractivity contribution is 5.59. The summed E-state index contributed by atoms with van der Waals surface area (Å²) in [5.41, 5.74) is 0.915. The van der Waals surface area contributed by atoms with Crippen molar-refractivity contribution in [3.05, 3.63) is 36.3 Å². The van der Waals surface area contributed by atoms with Crippen LogP contribution in [0.4, 0.5) is 10.3 Å². The lowest BCUT2D eigenvalue weighted by Gasteiger charge is -2.34. The van der Waals surface area contributed by atoms with Crippen molar-refractivity contribution in [2.75, 3.05) is 44.2 Å². The number of aromatic nitrogens is 3. The first-order valence-electron chi connectivity index (χ1n) is 7.31. The van der Waals surface area contributed by atoms with E-state index in [1.54, 1.807) is 18.2 Å². The van der Waals surface area contributed by atoms with Gasteiger partial charge in [0, 0.05) is 38.3 Å². The van der Waals surface area contributed by atoms with Crippen LogP contribution in [0.3, 0.4) is 0 Å². The van der Waals surface area contributed by atoms with Gasteiger partial charge in [-0.05, 0) is 12.1 Å². The third-order valence-corrected chi connectivity index (χ3v) is 3.77. The van der Waals surface area contributed by atoms with Crippen molar-refractivity contribution in [3.8, 4) is 11.3 Å². The molecular formula is C15H18FN5O. The Morgan fingerprint density at radius 2 is 1.91 bits per heavy atom. The van der Waals surface area contributed by atoms with E-state index in [1.807, 2.05) is 4.90 Å².